The van der Waals surface area contributed by atoms with Crippen LogP contribution >= 0.6 is 22.7 Å². The van der Waals surface area contributed by atoms with Crippen LogP contribution in [0.15, 0.2) is 62.8 Å². The highest BCUT2D eigenvalue weighted by Gasteiger charge is 2.33. The highest BCUT2D eigenvalue weighted by molar-refractivity contribution is 7.10. The van der Waals surface area contributed by atoms with Crippen LogP contribution < -0.4 is 19.6 Å². The van der Waals surface area contributed by atoms with Crippen LogP contribution in [-0.2, 0) is 14.3 Å². The van der Waals surface area contributed by atoms with Gasteiger partial charge in [-0.05, 0) is 49.1 Å². The van der Waals surface area contributed by atoms with Crippen molar-refractivity contribution in [2.24, 2.45) is 4.99 Å². The molecule has 0 bridgehead atoms. The summed E-state index contributed by atoms with van der Waals surface area (Å²) in [7, 11) is 0. The van der Waals surface area contributed by atoms with E-state index in [-0.39, 0.29) is 12.2 Å². The van der Waals surface area contributed by atoms with Crippen molar-refractivity contribution in [2.75, 3.05) is 6.61 Å². The van der Waals surface area contributed by atoms with Crippen LogP contribution in [0.2, 0.25) is 0 Å². The lowest BCUT2D eigenvalue weighted by atomic mass is 10.0. The van der Waals surface area contributed by atoms with Crippen molar-refractivity contribution in [3.05, 3.63) is 83.2 Å². The van der Waals surface area contributed by atoms with Gasteiger partial charge in [0.2, 0.25) is 0 Å². The Morgan fingerprint density at radius 2 is 2.06 bits per heavy atom. The summed E-state index contributed by atoms with van der Waals surface area (Å²) in [6, 6.07) is 10.1. The van der Waals surface area contributed by atoms with E-state index in [1.54, 1.807) is 42.7 Å². The van der Waals surface area contributed by atoms with Gasteiger partial charge in [-0.15, -0.1) is 11.3 Å². The molecular formula is C23H20N2O5S2. The summed E-state index contributed by atoms with van der Waals surface area (Å²) in [6.07, 6.45) is 1.73. The summed E-state index contributed by atoms with van der Waals surface area (Å²) < 4.78 is 12.4. The smallest absolute Gasteiger partial charge is 0.338 e. The molecule has 4 rings (SSSR count). The monoisotopic (exact) mass is 468 g/mol. The van der Waals surface area contributed by atoms with Gasteiger partial charge in [0.1, 0.15) is 11.8 Å². The fourth-order valence-corrected chi connectivity index (χ4v) is 5.36. The third-order valence-corrected chi connectivity index (χ3v) is 6.65. The largest absolute Gasteiger partial charge is 0.463 e. The van der Waals surface area contributed by atoms with E-state index in [9.17, 15) is 14.4 Å². The second-order valence-electron chi connectivity index (χ2n) is 6.98. The van der Waals surface area contributed by atoms with E-state index in [2.05, 4.69) is 4.99 Å². The molecule has 3 heterocycles. The fraction of sp³-hybridized carbons (Fsp3) is 0.217. The number of rotatable bonds is 5. The predicted molar refractivity (Wildman–Crippen MR) is 122 cm³/mol. The highest BCUT2D eigenvalue weighted by Crippen LogP contribution is 2.33. The number of esters is 2. The van der Waals surface area contributed by atoms with Crippen LogP contribution in [0.1, 0.15) is 37.3 Å². The number of carbonyl (C=O) groups is 2. The quantitative estimate of drug-likeness (QED) is 0.425. The van der Waals surface area contributed by atoms with Crippen molar-refractivity contribution in [3.63, 3.8) is 0 Å². The molecule has 1 aromatic carbocycles. The molecule has 9 heteroatoms. The number of aromatic nitrogens is 1. The van der Waals surface area contributed by atoms with Gasteiger partial charge in [-0.1, -0.05) is 29.5 Å². The fourth-order valence-electron chi connectivity index (χ4n) is 3.49. The number of benzene rings is 1. The Kier molecular flexibility index (Phi) is 6.20. The number of hydrogen-bond acceptors (Lipinski definition) is 8. The maximum atomic E-state index is 13.4. The first-order chi connectivity index (χ1) is 15.4. The summed E-state index contributed by atoms with van der Waals surface area (Å²) in [6.45, 7) is 5.06. The van der Waals surface area contributed by atoms with Crippen LogP contribution in [0.4, 0.5) is 0 Å². The first-order valence-electron chi connectivity index (χ1n) is 9.90. The summed E-state index contributed by atoms with van der Waals surface area (Å²) in [5.41, 5.74) is 1.36. The number of nitrogens with zero attached hydrogens (tertiary/aromatic N) is 2. The molecule has 0 saturated heterocycles. The molecule has 0 saturated carbocycles. The third kappa shape index (κ3) is 4.21. The summed E-state index contributed by atoms with van der Waals surface area (Å²) >= 11 is 2.71. The van der Waals surface area contributed by atoms with E-state index < -0.39 is 18.0 Å². The molecule has 7 nitrogen and oxygen atoms in total. The van der Waals surface area contributed by atoms with E-state index in [0.29, 0.717) is 31.9 Å². The number of thiazole rings is 1. The maximum Gasteiger partial charge on any atom is 0.338 e. The molecule has 0 aliphatic carbocycles. The minimum absolute atomic E-state index is 0.232. The first kappa shape index (κ1) is 21.9. The summed E-state index contributed by atoms with van der Waals surface area (Å²) in [4.78, 5) is 43.4. The minimum Gasteiger partial charge on any atom is -0.463 e. The van der Waals surface area contributed by atoms with E-state index >= 15 is 0 Å². The Balaban J connectivity index is 1.88. The minimum atomic E-state index is -0.597. The molecule has 0 radical (unpaired) electrons. The van der Waals surface area contributed by atoms with Crippen LogP contribution in [0, 0.1) is 0 Å². The van der Waals surface area contributed by atoms with Gasteiger partial charge >= 0.3 is 11.9 Å². The third-order valence-electron chi connectivity index (χ3n) is 4.75. The zero-order valence-corrected chi connectivity index (χ0v) is 19.3. The first-order valence-corrected chi connectivity index (χ1v) is 11.6. The Morgan fingerprint density at radius 1 is 1.25 bits per heavy atom. The number of thiophene rings is 1. The van der Waals surface area contributed by atoms with Gasteiger partial charge in [-0.3, -0.25) is 14.2 Å². The predicted octanol–water partition coefficient (Wildman–Crippen LogP) is 2.79. The van der Waals surface area contributed by atoms with Crippen molar-refractivity contribution in [2.45, 2.75) is 26.8 Å². The molecule has 3 aromatic rings. The van der Waals surface area contributed by atoms with Gasteiger partial charge < -0.3 is 9.47 Å². The molecule has 0 fully saturated rings. The van der Waals surface area contributed by atoms with E-state index in [1.807, 2.05) is 23.6 Å². The Labute approximate surface area is 191 Å². The van der Waals surface area contributed by atoms with Gasteiger partial charge in [-0.25, -0.2) is 9.79 Å². The molecule has 164 valence electrons. The number of fused-ring (bicyclic) bond motifs is 1. The lowest BCUT2D eigenvalue weighted by Gasteiger charge is -2.23. The number of allylic oxidation sites excluding steroid dienone is 1. The van der Waals surface area contributed by atoms with Gasteiger partial charge in [-0.2, -0.15) is 0 Å². The van der Waals surface area contributed by atoms with E-state index in [0.717, 1.165) is 4.88 Å². The van der Waals surface area contributed by atoms with E-state index in [4.69, 9.17) is 9.47 Å². The number of hydrogen-bond donors (Lipinski definition) is 0. The Bertz CT molecular complexity index is 1400. The van der Waals surface area contributed by atoms with Gasteiger partial charge in [0.25, 0.3) is 5.56 Å². The van der Waals surface area contributed by atoms with Crippen molar-refractivity contribution in [1.82, 2.24) is 4.57 Å². The SMILES string of the molecule is CCOC(=O)C1=C(C)N=c2sc(=Cc3cccc(OC(C)=O)c3)c(=O)n2C1c1cccs1. The van der Waals surface area contributed by atoms with Crippen molar-refractivity contribution < 1.29 is 19.1 Å². The maximum absolute atomic E-state index is 13.4. The molecule has 0 N–H and O–H groups in total. The second-order valence-corrected chi connectivity index (χ2v) is 8.97. The molecule has 1 unspecified atom stereocenters. The van der Waals surface area contributed by atoms with Crippen molar-refractivity contribution in [1.29, 1.82) is 0 Å². The van der Waals surface area contributed by atoms with Gasteiger partial charge in [0.05, 0.1) is 22.4 Å². The zero-order chi connectivity index (χ0) is 22.8. The summed E-state index contributed by atoms with van der Waals surface area (Å²) in [5.74, 6) is -0.495. The van der Waals surface area contributed by atoms with Crippen LogP contribution in [-0.4, -0.2) is 23.1 Å². The Hall–Kier alpha value is -3.30. The zero-order valence-electron chi connectivity index (χ0n) is 17.7. The standard InChI is InChI=1S/C23H20N2O5S2/c1-4-29-22(28)19-13(2)24-23-25(20(19)17-9-6-10-31-17)21(27)18(32-23)12-15-7-5-8-16(11-15)30-14(3)26/h5-12,20H,4H2,1-3H3. The topological polar surface area (TPSA) is 87.0 Å². The highest BCUT2D eigenvalue weighted by atomic mass is 32.1. The van der Waals surface area contributed by atoms with Crippen molar-refractivity contribution >= 4 is 40.7 Å². The molecular weight excluding hydrogens is 448 g/mol. The van der Waals surface area contributed by atoms with Gasteiger partial charge in [0, 0.05) is 11.8 Å². The molecule has 1 aliphatic heterocycles. The Morgan fingerprint density at radius 3 is 2.75 bits per heavy atom. The van der Waals surface area contributed by atoms with Crippen LogP contribution in [0.5, 0.6) is 5.75 Å². The van der Waals surface area contributed by atoms with Crippen LogP contribution in [0.25, 0.3) is 6.08 Å². The molecule has 0 amide bonds. The van der Waals surface area contributed by atoms with Gasteiger partial charge in [0.15, 0.2) is 4.80 Å². The lowest BCUT2D eigenvalue weighted by Crippen LogP contribution is -2.39. The molecule has 2 aromatic heterocycles. The number of ether oxygens (including phenoxy) is 2. The molecule has 0 spiro atoms. The average Bonchev–Trinajstić information content (AvgIpc) is 3.36. The van der Waals surface area contributed by atoms with Crippen LogP contribution in [0.3, 0.4) is 0 Å². The molecule has 32 heavy (non-hydrogen) atoms. The second kappa shape index (κ2) is 9.05. The van der Waals surface area contributed by atoms with Crippen molar-refractivity contribution in [3.8, 4) is 5.75 Å². The lowest BCUT2D eigenvalue weighted by molar-refractivity contribution is -0.139. The number of carbonyl (C=O) groups excluding carboxylic acids is 2. The normalized spacial score (nSPS) is 15.8. The van der Waals surface area contributed by atoms with E-state index in [1.165, 1.54) is 29.6 Å². The summed E-state index contributed by atoms with van der Waals surface area (Å²) in [5, 5.41) is 1.91. The average molecular weight is 469 g/mol. The molecule has 1 aliphatic rings. The molecule has 1 atom stereocenters.